The molecule has 1 aliphatic heterocycles. The van der Waals surface area contributed by atoms with Crippen molar-refractivity contribution >= 4 is 46.3 Å². The Morgan fingerprint density at radius 3 is 2.39 bits per heavy atom. The van der Waals surface area contributed by atoms with Crippen molar-refractivity contribution in [2.24, 2.45) is 0 Å². The van der Waals surface area contributed by atoms with Crippen LogP contribution in [0.25, 0.3) is 5.57 Å². The third-order valence-corrected chi connectivity index (χ3v) is 4.37. The number of benzene rings is 2. The molecule has 0 spiro atoms. The van der Waals surface area contributed by atoms with E-state index >= 15 is 0 Å². The van der Waals surface area contributed by atoms with E-state index in [-0.39, 0.29) is 27.5 Å². The molecule has 2 aromatic carbocycles. The lowest BCUT2D eigenvalue weighted by atomic mass is 10.0. The van der Waals surface area contributed by atoms with Crippen LogP contribution in [0.4, 0.5) is 18.9 Å². The number of rotatable bonds is 4. The molecule has 10 heteroatoms. The molecule has 28 heavy (non-hydrogen) atoms. The van der Waals surface area contributed by atoms with Gasteiger partial charge in [-0.3, -0.25) is 14.5 Å². The monoisotopic (exact) mass is 430 g/mol. The number of ether oxygens (including phenoxy) is 1. The molecule has 1 aliphatic rings. The summed E-state index contributed by atoms with van der Waals surface area (Å²) >= 11 is 12.0. The van der Waals surface area contributed by atoms with Crippen LogP contribution in [0.15, 0.2) is 48.2 Å². The molecule has 2 amide bonds. The first kappa shape index (κ1) is 20.0. The Balaban J connectivity index is 2.04. The lowest BCUT2D eigenvalue weighted by Gasteiger charge is -2.12. The zero-order chi connectivity index (χ0) is 20.6. The van der Waals surface area contributed by atoms with Gasteiger partial charge in [0.25, 0.3) is 11.8 Å². The van der Waals surface area contributed by atoms with Crippen LogP contribution < -0.4 is 10.1 Å². The van der Waals surface area contributed by atoms with Gasteiger partial charge in [0.05, 0.1) is 10.6 Å². The van der Waals surface area contributed by atoms with E-state index in [1.165, 1.54) is 37.4 Å². The fourth-order valence-corrected chi connectivity index (χ4v) is 3.12. The van der Waals surface area contributed by atoms with Gasteiger partial charge in [0.15, 0.2) is 0 Å². The number of nitrogens with zero attached hydrogens (tertiary/aromatic N) is 1. The van der Waals surface area contributed by atoms with E-state index < -0.39 is 23.9 Å². The molecule has 0 aliphatic carbocycles. The molecule has 0 saturated heterocycles. The third kappa shape index (κ3) is 4.07. The van der Waals surface area contributed by atoms with E-state index in [9.17, 15) is 22.8 Å². The largest absolute Gasteiger partial charge is 0.573 e. The molecular formula is C18H11Cl2F3N2O3. The van der Waals surface area contributed by atoms with Crippen molar-refractivity contribution in [3.63, 3.8) is 0 Å². The van der Waals surface area contributed by atoms with Gasteiger partial charge in [-0.15, -0.1) is 13.2 Å². The first-order valence-corrected chi connectivity index (χ1v) is 8.47. The summed E-state index contributed by atoms with van der Waals surface area (Å²) in [7, 11) is 1.28. The van der Waals surface area contributed by atoms with Crippen molar-refractivity contribution in [3.05, 3.63) is 63.8 Å². The predicted octanol–water partition coefficient (Wildman–Crippen LogP) is 4.71. The summed E-state index contributed by atoms with van der Waals surface area (Å²) in [5, 5.41) is 3.18. The van der Waals surface area contributed by atoms with Crippen molar-refractivity contribution in [2.75, 3.05) is 12.4 Å². The van der Waals surface area contributed by atoms with Gasteiger partial charge in [-0.2, -0.15) is 0 Å². The van der Waals surface area contributed by atoms with Crippen molar-refractivity contribution in [3.8, 4) is 5.75 Å². The van der Waals surface area contributed by atoms with Gasteiger partial charge in [-0.25, -0.2) is 0 Å². The quantitative estimate of drug-likeness (QED) is 0.713. The lowest BCUT2D eigenvalue weighted by molar-refractivity contribution is -0.274. The lowest BCUT2D eigenvalue weighted by Crippen LogP contribution is -2.27. The molecule has 0 bridgehead atoms. The van der Waals surface area contributed by atoms with Gasteiger partial charge in [0.2, 0.25) is 0 Å². The number of imide groups is 1. The fourth-order valence-electron chi connectivity index (χ4n) is 2.61. The summed E-state index contributed by atoms with van der Waals surface area (Å²) in [6.45, 7) is 0. The maximum Gasteiger partial charge on any atom is 0.573 e. The molecule has 146 valence electrons. The first-order valence-electron chi connectivity index (χ1n) is 7.72. The Bertz CT molecular complexity index is 1010. The average Bonchev–Trinajstić information content (AvgIpc) is 2.78. The highest BCUT2D eigenvalue weighted by molar-refractivity contribution is 6.41. The SMILES string of the molecule is CN1C(=O)C(Nc2cccc(OC(F)(F)F)c2)=C(c2ccc(Cl)cc2Cl)C1=O. The summed E-state index contributed by atoms with van der Waals surface area (Å²) in [6, 6.07) is 9.29. The highest BCUT2D eigenvalue weighted by Gasteiger charge is 2.38. The average molecular weight is 431 g/mol. The Kier molecular flexibility index (Phi) is 5.27. The normalized spacial score (nSPS) is 14.7. The van der Waals surface area contributed by atoms with Crippen LogP contribution in [0.1, 0.15) is 5.56 Å². The maximum atomic E-state index is 12.6. The minimum Gasteiger partial charge on any atom is -0.406 e. The minimum absolute atomic E-state index is 0.0173. The molecular weight excluding hydrogens is 420 g/mol. The number of hydrogen-bond acceptors (Lipinski definition) is 4. The number of carbonyl (C=O) groups excluding carboxylic acids is 2. The van der Waals surface area contributed by atoms with Crippen LogP contribution in [0.3, 0.4) is 0 Å². The zero-order valence-electron chi connectivity index (χ0n) is 14.1. The molecule has 0 saturated carbocycles. The summed E-state index contributed by atoms with van der Waals surface area (Å²) in [5.74, 6) is -1.75. The summed E-state index contributed by atoms with van der Waals surface area (Å²) in [5.41, 5.74) is 0.243. The van der Waals surface area contributed by atoms with Crippen LogP contribution >= 0.6 is 23.2 Å². The fraction of sp³-hybridized carbons (Fsp3) is 0.111. The van der Waals surface area contributed by atoms with Gasteiger partial charge in [0.1, 0.15) is 11.4 Å². The minimum atomic E-state index is -4.86. The number of likely N-dealkylation sites (N-methyl/N-ethyl adjacent to an activating group) is 1. The second-order valence-electron chi connectivity index (χ2n) is 5.74. The molecule has 0 atom stereocenters. The maximum absolute atomic E-state index is 12.6. The summed E-state index contributed by atoms with van der Waals surface area (Å²) in [4.78, 5) is 25.9. The van der Waals surface area contributed by atoms with Crippen molar-refractivity contribution in [2.45, 2.75) is 6.36 Å². The molecule has 0 aromatic heterocycles. The van der Waals surface area contributed by atoms with Gasteiger partial charge in [0, 0.05) is 29.4 Å². The van der Waals surface area contributed by atoms with E-state index in [4.69, 9.17) is 23.2 Å². The number of carbonyl (C=O) groups is 2. The number of nitrogens with one attached hydrogen (secondary N) is 1. The van der Waals surface area contributed by atoms with E-state index in [0.717, 1.165) is 17.0 Å². The van der Waals surface area contributed by atoms with Gasteiger partial charge in [-0.05, 0) is 24.3 Å². The van der Waals surface area contributed by atoms with E-state index in [1.54, 1.807) is 0 Å². The molecule has 0 unspecified atom stereocenters. The smallest absolute Gasteiger partial charge is 0.406 e. The Hall–Kier alpha value is -2.71. The summed E-state index contributed by atoms with van der Waals surface area (Å²) < 4.78 is 41.1. The highest BCUT2D eigenvalue weighted by Crippen LogP contribution is 2.35. The Labute approximate surface area is 167 Å². The number of amides is 2. The van der Waals surface area contributed by atoms with Gasteiger partial charge < -0.3 is 10.1 Å². The van der Waals surface area contributed by atoms with Crippen molar-refractivity contribution in [1.29, 1.82) is 0 Å². The van der Waals surface area contributed by atoms with Gasteiger partial charge >= 0.3 is 6.36 Å². The second-order valence-corrected chi connectivity index (χ2v) is 6.59. The molecule has 5 nitrogen and oxygen atoms in total. The topological polar surface area (TPSA) is 58.6 Å². The number of alkyl halides is 3. The molecule has 2 aromatic rings. The Morgan fingerprint density at radius 2 is 1.75 bits per heavy atom. The van der Waals surface area contributed by atoms with Crippen LogP contribution in [0.2, 0.25) is 10.0 Å². The van der Waals surface area contributed by atoms with Crippen LogP contribution in [-0.2, 0) is 9.59 Å². The molecule has 1 heterocycles. The summed E-state index contributed by atoms with van der Waals surface area (Å²) in [6.07, 6.45) is -4.86. The number of halogens is 5. The first-order chi connectivity index (χ1) is 13.1. The molecule has 1 N–H and O–H groups in total. The van der Waals surface area contributed by atoms with Crippen molar-refractivity contribution in [1.82, 2.24) is 4.90 Å². The molecule has 0 radical (unpaired) electrons. The van der Waals surface area contributed by atoms with Gasteiger partial charge in [-0.1, -0.05) is 35.3 Å². The van der Waals surface area contributed by atoms with E-state index in [2.05, 4.69) is 10.1 Å². The van der Waals surface area contributed by atoms with Crippen LogP contribution in [0, 0.1) is 0 Å². The third-order valence-electron chi connectivity index (χ3n) is 3.82. The molecule has 0 fully saturated rings. The zero-order valence-corrected chi connectivity index (χ0v) is 15.6. The highest BCUT2D eigenvalue weighted by atomic mass is 35.5. The van der Waals surface area contributed by atoms with E-state index in [1.807, 2.05) is 0 Å². The Morgan fingerprint density at radius 1 is 1.04 bits per heavy atom. The predicted molar refractivity (Wildman–Crippen MR) is 97.9 cm³/mol. The van der Waals surface area contributed by atoms with Crippen molar-refractivity contribution < 1.29 is 27.5 Å². The number of anilines is 1. The van der Waals surface area contributed by atoms with Crippen LogP contribution in [0.5, 0.6) is 5.75 Å². The number of hydrogen-bond donors (Lipinski definition) is 1. The van der Waals surface area contributed by atoms with Crippen LogP contribution in [-0.4, -0.2) is 30.1 Å². The standard InChI is InChI=1S/C18H11Cl2F3N2O3/c1-25-16(26)14(12-6-5-9(19)7-13(12)20)15(17(25)27)24-10-3-2-4-11(8-10)28-18(21,22)23/h2-8,24H,1H3. The van der Waals surface area contributed by atoms with E-state index in [0.29, 0.717) is 5.02 Å². The second kappa shape index (κ2) is 7.37. The molecule has 3 rings (SSSR count).